The molecule has 1 aromatic carbocycles. The van der Waals surface area contributed by atoms with Gasteiger partial charge in [-0.1, -0.05) is 34.8 Å². The molecule has 19 heavy (non-hydrogen) atoms. The standard InChI is InChI=1S/C12H9Cl3N2O2/c1-6-3-10(18)17(12(19)16(6)2)7-4-8(13)11(15)9(14)5-7/h3-5H,1-2H3. The molecular formula is C12H9Cl3N2O2. The second kappa shape index (κ2) is 5.04. The monoisotopic (exact) mass is 318 g/mol. The summed E-state index contributed by atoms with van der Waals surface area (Å²) in [6, 6.07) is 4.21. The largest absolute Gasteiger partial charge is 0.335 e. The van der Waals surface area contributed by atoms with Crippen LogP contribution >= 0.6 is 34.8 Å². The Labute approximate surface area is 123 Å². The summed E-state index contributed by atoms with van der Waals surface area (Å²) in [5, 5.41) is 0.543. The summed E-state index contributed by atoms with van der Waals surface area (Å²) in [5.74, 6) is 0. The molecular weight excluding hydrogens is 311 g/mol. The van der Waals surface area contributed by atoms with Crippen LogP contribution in [0.2, 0.25) is 15.1 Å². The Hall–Kier alpha value is -1.23. The summed E-state index contributed by atoms with van der Waals surface area (Å²) < 4.78 is 2.35. The van der Waals surface area contributed by atoms with Crippen LogP contribution < -0.4 is 11.2 Å². The Morgan fingerprint density at radius 3 is 2.05 bits per heavy atom. The minimum absolute atomic E-state index is 0.179. The maximum Gasteiger partial charge on any atom is 0.335 e. The number of aryl methyl sites for hydroxylation is 1. The highest BCUT2D eigenvalue weighted by atomic mass is 35.5. The predicted molar refractivity (Wildman–Crippen MR) is 77.0 cm³/mol. The molecule has 1 aromatic heterocycles. The first kappa shape index (κ1) is 14.2. The Kier molecular flexibility index (Phi) is 3.76. The molecule has 0 saturated heterocycles. The Morgan fingerprint density at radius 2 is 1.53 bits per heavy atom. The molecule has 0 aliphatic carbocycles. The Bertz CT molecular complexity index is 755. The third kappa shape index (κ3) is 2.43. The fourth-order valence-corrected chi connectivity index (χ4v) is 2.23. The lowest BCUT2D eigenvalue weighted by Gasteiger charge is -2.10. The van der Waals surface area contributed by atoms with E-state index in [0.717, 1.165) is 4.57 Å². The van der Waals surface area contributed by atoms with Gasteiger partial charge in [-0.15, -0.1) is 0 Å². The fourth-order valence-electron chi connectivity index (χ4n) is 1.64. The van der Waals surface area contributed by atoms with Crippen molar-refractivity contribution >= 4 is 34.8 Å². The van der Waals surface area contributed by atoms with E-state index in [2.05, 4.69) is 0 Å². The van der Waals surface area contributed by atoms with E-state index in [4.69, 9.17) is 34.8 Å². The molecule has 0 saturated carbocycles. The van der Waals surface area contributed by atoms with E-state index in [1.165, 1.54) is 22.8 Å². The summed E-state index contributed by atoms with van der Waals surface area (Å²) in [4.78, 5) is 24.1. The normalized spacial score (nSPS) is 10.8. The van der Waals surface area contributed by atoms with E-state index in [1.54, 1.807) is 14.0 Å². The summed E-state index contributed by atoms with van der Waals surface area (Å²) in [6.07, 6.45) is 0. The van der Waals surface area contributed by atoms with Gasteiger partial charge >= 0.3 is 5.69 Å². The minimum Gasteiger partial charge on any atom is -0.301 e. The zero-order chi connectivity index (χ0) is 14.3. The molecule has 1 heterocycles. The van der Waals surface area contributed by atoms with Crippen LogP contribution in [0.25, 0.3) is 5.69 Å². The number of halogens is 3. The Balaban J connectivity index is 2.84. The van der Waals surface area contributed by atoms with E-state index in [9.17, 15) is 9.59 Å². The first-order valence-electron chi connectivity index (χ1n) is 5.27. The highest BCUT2D eigenvalue weighted by Gasteiger charge is 2.12. The van der Waals surface area contributed by atoms with Crippen LogP contribution in [0, 0.1) is 6.92 Å². The van der Waals surface area contributed by atoms with Crippen molar-refractivity contribution in [2.75, 3.05) is 0 Å². The van der Waals surface area contributed by atoms with Crippen LogP contribution in [0.3, 0.4) is 0 Å². The number of nitrogens with zero attached hydrogens (tertiary/aromatic N) is 2. The maximum atomic E-state index is 12.1. The SMILES string of the molecule is Cc1cc(=O)n(-c2cc(Cl)c(Cl)c(Cl)c2)c(=O)n1C. The molecule has 0 radical (unpaired) electrons. The van der Waals surface area contributed by atoms with E-state index in [0.29, 0.717) is 5.69 Å². The highest BCUT2D eigenvalue weighted by molar-refractivity contribution is 6.48. The number of hydrogen-bond acceptors (Lipinski definition) is 2. The number of rotatable bonds is 1. The van der Waals surface area contributed by atoms with Gasteiger partial charge in [0, 0.05) is 18.8 Å². The molecule has 100 valence electrons. The average Bonchev–Trinajstić information content (AvgIpc) is 2.33. The van der Waals surface area contributed by atoms with Crippen LogP contribution in [0.5, 0.6) is 0 Å². The van der Waals surface area contributed by atoms with Gasteiger partial charge in [-0.3, -0.25) is 4.79 Å². The predicted octanol–water partition coefficient (Wildman–Crippen LogP) is 2.80. The topological polar surface area (TPSA) is 44.0 Å². The van der Waals surface area contributed by atoms with Crippen molar-refractivity contribution in [2.24, 2.45) is 7.05 Å². The number of hydrogen-bond donors (Lipinski definition) is 0. The number of benzene rings is 1. The summed E-state index contributed by atoms with van der Waals surface area (Å²) in [6.45, 7) is 1.68. The molecule has 0 spiro atoms. The van der Waals surface area contributed by atoms with Crippen LogP contribution in [0.4, 0.5) is 0 Å². The molecule has 0 atom stereocenters. The lowest BCUT2D eigenvalue weighted by molar-refractivity contribution is 0.713. The van der Waals surface area contributed by atoms with E-state index in [-0.39, 0.29) is 20.8 Å². The summed E-state index contributed by atoms with van der Waals surface area (Å²) >= 11 is 17.6. The van der Waals surface area contributed by atoms with Gasteiger partial charge in [0.05, 0.1) is 20.8 Å². The lowest BCUT2D eigenvalue weighted by Crippen LogP contribution is -2.38. The van der Waals surface area contributed by atoms with Crippen molar-refractivity contribution in [2.45, 2.75) is 6.92 Å². The number of aromatic nitrogens is 2. The van der Waals surface area contributed by atoms with Crippen molar-refractivity contribution in [3.8, 4) is 5.69 Å². The third-order valence-corrected chi connectivity index (χ3v) is 3.98. The van der Waals surface area contributed by atoms with Crippen molar-refractivity contribution in [1.29, 1.82) is 0 Å². The first-order valence-corrected chi connectivity index (χ1v) is 6.41. The zero-order valence-corrected chi connectivity index (χ0v) is 12.3. The van der Waals surface area contributed by atoms with Gasteiger partial charge in [-0.05, 0) is 19.1 Å². The molecule has 0 fully saturated rings. The smallest absolute Gasteiger partial charge is 0.301 e. The average molecular weight is 320 g/mol. The van der Waals surface area contributed by atoms with Crippen molar-refractivity contribution < 1.29 is 0 Å². The fraction of sp³-hybridized carbons (Fsp3) is 0.167. The van der Waals surface area contributed by atoms with Gasteiger partial charge < -0.3 is 4.57 Å². The zero-order valence-electron chi connectivity index (χ0n) is 10.1. The van der Waals surface area contributed by atoms with Crippen molar-refractivity contribution in [3.05, 3.63) is 59.8 Å². The second-order valence-electron chi connectivity index (χ2n) is 4.02. The van der Waals surface area contributed by atoms with Gasteiger partial charge in [-0.25, -0.2) is 9.36 Å². The molecule has 0 unspecified atom stereocenters. The van der Waals surface area contributed by atoms with Crippen molar-refractivity contribution in [3.63, 3.8) is 0 Å². The van der Waals surface area contributed by atoms with Crippen LogP contribution in [0.15, 0.2) is 27.8 Å². The highest BCUT2D eigenvalue weighted by Crippen LogP contribution is 2.31. The molecule has 0 amide bonds. The van der Waals surface area contributed by atoms with Gasteiger partial charge in [0.15, 0.2) is 0 Å². The van der Waals surface area contributed by atoms with E-state index in [1.807, 2.05) is 0 Å². The van der Waals surface area contributed by atoms with Crippen molar-refractivity contribution in [1.82, 2.24) is 9.13 Å². The van der Waals surface area contributed by atoms with Crippen LogP contribution in [-0.2, 0) is 7.05 Å². The van der Waals surface area contributed by atoms with Gasteiger partial charge in [-0.2, -0.15) is 0 Å². The molecule has 7 heteroatoms. The first-order chi connectivity index (χ1) is 8.82. The molecule has 0 aliphatic heterocycles. The maximum absolute atomic E-state index is 12.1. The van der Waals surface area contributed by atoms with Gasteiger partial charge in [0.1, 0.15) is 0 Å². The molecule has 0 aliphatic rings. The lowest BCUT2D eigenvalue weighted by atomic mass is 10.3. The molecule has 0 N–H and O–H groups in total. The summed E-state index contributed by atoms with van der Waals surface area (Å²) in [5.41, 5.74) is -0.0723. The molecule has 0 bridgehead atoms. The van der Waals surface area contributed by atoms with Crippen LogP contribution in [-0.4, -0.2) is 9.13 Å². The molecule has 4 nitrogen and oxygen atoms in total. The second-order valence-corrected chi connectivity index (χ2v) is 5.22. The third-order valence-electron chi connectivity index (χ3n) is 2.79. The van der Waals surface area contributed by atoms with Gasteiger partial charge in [0.25, 0.3) is 5.56 Å². The summed E-state index contributed by atoms with van der Waals surface area (Å²) in [7, 11) is 1.58. The van der Waals surface area contributed by atoms with E-state index < -0.39 is 11.2 Å². The molecule has 2 aromatic rings. The van der Waals surface area contributed by atoms with Crippen LogP contribution in [0.1, 0.15) is 5.69 Å². The van der Waals surface area contributed by atoms with Gasteiger partial charge in [0.2, 0.25) is 0 Å². The Morgan fingerprint density at radius 1 is 1.00 bits per heavy atom. The minimum atomic E-state index is -0.473. The molecule has 2 rings (SSSR count). The van der Waals surface area contributed by atoms with E-state index >= 15 is 0 Å². The quantitative estimate of drug-likeness (QED) is 0.759.